The van der Waals surface area contributed by atoms with Crippen LogP contribution >= 0.6 is 11.3 Å². The molecule has 0 radical (unpaired) electrons. The minimum Gasteiger partial charge on any atom is -0.383 e. The van der Waals surface area contributed by atoms with E-state index in [0.29, 0.717) is 5.92 Å². The van der Waals surface area contributed by atoms with E-state index < -0.39 is 6.10 Å². The second kappa shape index (κ2) is 4.81. The second-order valence-electron chi connectivity index (χ2n) is 4.24. The molecule has 0 unspecified atom stereocenters. The topological polar surface area (TPSA) is 20.2 Å². The summed E-state index contributed by atoms with van der Waals surface area (Å²) < 4.78 is 0. The van der Waals surface area contributed by atoms with Crippen molar-refractivity contribution in [3.05, 3.63) is 57.8 Å². The van der Waals surface area contributed by atoms with Crippen molar-refractivity contribution >= 4 is 11.3 Å². The highest BCUT2D eigenvalue weighted by Gasteiger charge is 2.12. The van der Waals surface area contributed by atoms with Gasteiger partial charge in [-0.2, -0.15) is 0 Å². The van der Waals surface area contributed by atoms with Gasteiger partial charge in [-0.3, -0.25) is 0 Å². The maximum Gasteiger partial charge on any atom is 0.113 e. The number of rotatable bonds is 3. The third-order valence-electron chi connectivity index (χ3n) is 2.71. The minimum absolute atomic E-state index is 0.487. The Balaban J connectivity index is 2.30. The molecule has 2 rings (SSSR count). The average molecular weight is 232 g/mol. The second-order valence-corrected chi connectivity index (χ2v) is 5.22. The predicted octanol–water partition coefficient (Wildman–Crippen LogP) is 3.95. The SMILES string of the molecule is CC(C)c1cccc([C@@H](O)c2cccs2)c1. The van der Waals surface area contributed by atoms with Crippen LogP contribution in [0.2, 0.25) is 0 Å². The van der Waals surface area contributed by atoms with E-state index in [1.807, 2.05) is 29.6 Å². The number of aliphatic hydroxyl groups is 1. The van der Waals surface area contributed by atoms with Gasteiger partial charge in [-0.05, 0) is 28.5 Å². The molecule has 0 bridgehead atoms. The normalized spacial score (nSPS) is 13.0. The van der Waals surface area contributed by atoms with Gasteiger partial charge in [0, 0.05) is 4.88 Å². The highest BCUT2D eigenvalue weighted by Crippen LogP contribution is 2.27. The van der Waals surface area contributed by atoms with Crippen LogP contribution in [-0.2, 0) is 0 Å². The summed E-state index contributed by atoms with van der Waals surface area (Å²) in [6.45, 7) is 4.33. The molecule has 0 amide bonds. The lowest BCUT2D eigenvalue weighted by atomic mass is 9.98. The standard InChI is InChI=1S/C14H16OS/c1-10(2)11-5-3-6-12(9-11)14(15)13-7-4-8-16-13/h3-10,14-15H,1-2H3/t14-/m1/s1. The van der Waals surface area contributed by atoms with Crippen molar-refractivity contribution in [3.63, 3.8) is 0 Å². The first-order valence-electron chi connectivity index (χ1n) is 5.50. The summed E-state index contributed by atoms with van der Waals surface area (Å²) >= 11 is 1.59. The average Bonchev–Trinajstić information content (AvgIpc) is 2.81. The Kier molecular flexibility index (Phi) is 3.42. The molecule has 1 aromatic heterocycles. The number of thiophene rings is 1. The van der Waals surface area contributed by atoms with E-state index in [0.717, 1.165) is 10.4 Å². The molecular weight excluding hydrogens is 216 g/mol. The van der Waals surface area contributed by atoms with Gasteiger partial charge in [0.2, 0.25) is 0 Å². The third kappa shape index (κ3) is 2.34. The van der Waals surface area contributed by atoms with Crippen LogP contribution in [0.25, 0.3) is 0 Å². The van der Waals surface area contributed by atoms with Crippen molar-refractivity contribution in [2.45, 2.75) is 25.9 Å². The summed E-state index contributed by atoms with van der Waals surface area (Å²) in [7, 11) is 0. The maximum atomic E-state index is 10.2. The van der Waals surface area contributed by atoms with E-state index in [9.17, 15) is 5.11 Å². The molecule has 1 aromatic carbocycles. The Labute approximate surface area is 100 Å². The molecule has 0 aliphatic rings. The number of hydrogen-bond acceptors (Lipinski definition) is 2. The first-order valence-corrected chi connectivity index (χ1v) is 6.38. The molecule has 1 N–H and O–H groups in total. The van der Waals surface area contributed by atoms with Crippen LogP contribution in [0.3, 0.4) is 0 Å². The van der Waals surface area contributed by atoms with E-state index in [-0.39, 0.29) is 0 Å². The monoisotopic (exact) mass is 232 g/mol. The summed E-state index contributed by atoms with van der Waals surface area (Å²) in [6, 6.07) is 12.1. The molecule has 1 nitrogen and oxygen atoms in total. The lowest BCUT2D eigenvalue weighted by Crippen LogP contribution is -1.98. The molecule has 0 spiro atoms. The molecule has 0 fully saturated rings. The van der Waals surface area contributed by atoms with Gasteiger partial charge < -0.3 is 5.11 Å². The Morgan fingerprint density at radius 2 is 1.81 bits per heavy atom. The highest BCUT2D eigenvalue weighted by molar-refractivity contribution is 7.10. The Morgan fingerprint density at radius 1 is 1.06 bits per heavy atom. The zero-order chi connectivity index (χ0) is 11.5. The van der Waals surface area contributed by atoms with E-state index in [1.165, 1.54) is 5.56 Å². The van der Waals surface area contributed by atoms with Gasteiger partial charge >= 0.3 is 0 Å². The van der Waals surface area contributed by atoms with Crippen molar-refractivity contribution in [1.29, 1.82) is 0 Å². The first kappa shape index (κ1) is 11.4. The van der Waals surface area contributed by atoms with E-state index in [2.05, 4.69) is 26.0 Å². The Bertz CT molecular complexity index is 446. The quantitative estimate of drug-likeness (QED) is 0.849. The van der Waals surface area contributed by atoms with E-state index in [1.54, 1.807) is 11.3 Å². The molecular formula is C14H16OS. The molecule has 84 valence electrons. The zero-order valence-electron chi connectivity index (χ0n) is 9.55. The van der Waals surface area contributed by atoms with Crippen LogP contribution < -0.4 is 0 Å². The molecule has 2 heteroatoms. The third-order valence-corrected chi connectivity index (χ3v) is 3.63. The molecule has 1 atom stereocenters. The minimum atomic E-state index is -0.487. The summed E-state index contributed by atoms with van der Waals surface area (Å²) in [5.74, 6) is 0.496. The highest BCUT2D eigenvalue weighted by atomic mass is 32.1. The van der Waals surface area contributed by atoms with Crippen molar-refractivity contribution in [1.82, 2.24) is 0 Å². The smallest absolute Gasteiger partial charge is 0.113 e. The lowest BCUT2D eigenvalue weighted by molar-refractivity contribution is 0.224. The van der Waals surface area contributed by atoms with Crippen LogP contribution in [0.15, 0.2) is 41.8 Å². The summed E-state index contributed by atoms with van der Waals surface area (Å²) in [5.41, 5.74) is 2.25. The van der Waals surface area contributed by atoms with Crippen molar-refractivity contribution in [2.24, 2.45) is 0 Å². The number of aliphatic hydroxyl groups excluding tert-OH is 1. The van der Waals surface area contributed by atoms with E-state index >= 15 is 0 Å². The molecule has 16 heavy (non-hydrogen) atoms. The molecule has 0 aliphatic heterocycles. The van der Waals surface area contributed by atoms with Crippen LogP contribution in [0, 0.1) is 0 Å². The van der Waals surface area contributed by atoms with Gasteiger partial charge in [-0.1, -0.05) is 44.2 Å². The molecule has 0 aliphatic carbocycles. The molecule has 0 saturated heterocycles. The van der Waals surface area contributed by atoms with Gasteiger partial charge in [0.25, 0.3) is 0 Å². The van der Waals surface area contributed by atoms with Crippen LogP contribution in [0.1, 0.15) is 41.9 Å². The molecule has 1 heterocycles. The maximum absolute atomic E-state index is 10.2. The van der Waals surface area contributed by atoms with Crippen molar-refractivity contribution in [3.8, 4) is 0 Å². The van der Waals surface area contributed by atoms with Crippen molar-refractivity contribution < 1.29 is 5.11 Å². The molecule has 2 aromatic rings. The van der Waals surface area contributed by atoms with Gasteiger partial charge in [-0.15, -0.1) is 11.3 Å². The van der Waals surface area contributed by atoms with Gasteiger partial charge in [0.1, 0.15) is 6.10 Å². The first-order chi connectivity index (χ1) is 7.68. The van der Waals surface area contributed by atoms with Gasteiger partial charge in [0.05, 0.1) is 0 Å². The fraction of sp³-hybridized carbons (Fsp3) is 0.286. The van der Waals surface area contributed by atoms with Crippen molar-refractivity contribution in [2.75, 3.05) is 0 Å². The predicted molar refractivity (Wildman–Crippen MR) is 68.9 cm³/mol. The van der Waals surface area contributed by atoms with Gasteiger partial charge in [-0.25, -0.2) is 0 Å². The lowest BCUT2D eigenvalue weighted by Gasteiger charge is -2.12. The zero-order valence-corrected chi connectivity index (χ0v) is 10.4. The fourth-order valence-electron chi connectivity index (χ4n) is 1.70. The van der Waals surface area contributed by atoms with Gasteiger partial charge in [0.15, 0.2) is 0 Å². The Hall–Kier alpha value is -1.12. The van der Waals surface area contributed by atoms with E-state index in [4.69, 9.17) is 0 Å². The number of hydrogen-bond donors (Lipinski definition) is 1. The molecule has 0 saturated carbocycles. The van der Waals surface area contributed by atoms with Crippen LogP contribution in [0.5, 0.6) is 0 Å². The largest absolute Gasteiger partial charge is 0.383 e. The Morgan fingerprint density at radius 3 is 2.44 bits per heavy atom. The van der Waals surface area contributed by atoms with Crippen LogP contribution in [-0.4, -0.2) is 5.11 Å². The summed E-state index contributed by atoms with van der Waals surface area (Å²) in [5, 5.41) is 12.2. The fourth-order valence-corrected chi connectivity index (χ4v) is 2.44. The summed E-state index contributed by atoms with van der Waals surface area (Å²) in [6.07, 6.45) is -0.487. The van der Waals surface area contributed by atoms with Crippen LogP contribution in [0.4, 0.5) is 0 Å². The summed E-state index contributed by atoms with van der Waals surface area (Å²) in [4.78, 5) is 1.00. The number of benzene rings is 1.